The van der Waals surface area contributed by atoms with Gasteiger partial charge in [0.25, 0.3) is 0 Å². The molecular weight excluding hydrogens is 364 g/mol. The smallest absolute Gasteiger partial charge is 0.0372 e. The van der Waals surface area contributed by atoms with Crippen LogP contribution in [0, 0.1) is 0 Å². The Morgan fingerprint density at radius 3 is 2.43 bits per heavy atom. The third-order valence-corrected chi connectivity index (χ3v) is 6.72. The molecule has 3 aromatic rings. The van der Waals surface area contributed by atoms with Crippen LogP contribution in [0.15, 0.2) is 78.9 Å². The van der Waals surface area contributed by atoms with E-state index in [9.17, 15) is 0 Å². The minimum atomic E-state index is 0.462. The van der Waals surface area contributed by atoms with Gasteiger partial charge >= 0.3 is 0 Å². The van der Waals surface area contributed by atoms with Crippen LogP contribution < -0.4 is 10.2 Å². The van der Waals surface area contributed by atoms with Gasteiger partial charge in [-0.05, 0) is 52.8 Å². The Morgan fingerprint density at radius 1 is 0.867 bits per heavy atom. The van der Waals surface area contributed by atoms with E-state index < -0.39 is 0 Å². The van der Waals surface area contributed by atoms with Crippen molar-refractivity contribution >= 4 is 17.3 Å². The topological polar surface area (TPSA) is 15.3 Å². The number of piperidine rings is 1. The van der Waals surface area contributed by atoms with Crippen molar-refractivity contribution in [3.05, 3.63) is 101 Å². The number of nitrogens with zero attached hydrogens (tertiary/aromatic N) is 1. The van der Waals surface area contributed by atoms with E-state index in [0.29, 0.717) is 12.0 Å². The summed E-state index contributed by atoms with van der Waals surface area (Å²) in [4.78, 5) is 2.55. The van der Waals surface area contributed by atoms with Crippen molar-refractivity contribution in [2.75, 3.05) is 18.0 Å². The zero-order chi connectivity index (χ0) is 20.3. The van der Waals surface area contributed by atoms with Crippen LogP contribution in [0.5, 0.6) is 0 Å². The first-order valence-corrected chi connectivity index (χ1v) is 11.2. The molecule has 2 nitrogen and oxygen atoms in total. The SMILES string of the molecule is C[C@H]1C(c2cccc(N3CCC(NCc4ccccc4)CC3)c2)=Cc2ccccc21. The Morgan fingerprint density at radius 2 is 1.63 bits per heavy atom. The van der Waals surface area contributed by atoms with Crippen LogP contribution in [0.25, 0.3) is 11.6 Å². The number of hydrogen-bond acceptors (Lipinski definition) is 2. The van der Waals surface area contributed by atoms with Gasteiger partial charge in [-0.25, -0.2) is 0 Å². The van der Waals surface area contributed by atoms with E-state index in [1.807, 2.05) is 0 Å². The van der Waals surface area contributed by atoms with E-state index in [-0.39, 0.29) is 0 Å². The molecule has 2 heteroatoms. The molecule has 0 amide bonds. The first-order chi connectivity index (χ1) is 14.8. The summed E-state index contributed by atoms with van der Waals surface area (Å²) in [5.74, 6) is 0.462. The highest BCUT2D eigenvalue weighted by Gasteiger charge is 2.23. The molecule has 1 saturated heterocycles. The second-order valence-electron chi connectivity index (χ2n) is 8.63. The normalized spacial score (nSPS) is 18.9. The fourth-order valence-electron chi connectivity index (χ4n) is 4.91. The fraction of sp³-hybridized carbons (Fsp3) is 0.286. The lowest BCUT2D eigenvalue weighted by Gasteiger charge is -2.34. The lowest BCUT2D eigenvalue weighted by atomic mass is 9.92. The van der Waals surface area contributed by atoms with Gasteiger partial charge in [0, 0.05) is 37.3 Å². The molecule has 2 aliphatic rings. The molecule has 0 saturated carbocycles. The molecule has 0 radical (unpaired) electrons. The van der Waals surface area contributed by atoms with Crippen LogP contribution in [0.3, 0.4) is 0 Å². The summed E-state index contributed by atoms with van der Waals surface area (Å²) >= 11 is 0. The Bertz CT molecular complexity index is 1030. The molecule has 0 aromatic heterocycles. The van der Waals surface area contributed by atoms with Gasteiger partial charge in [0.2, 0.25) is 0 Å². The number of rotatable bonds is 5. The van der Waals surface area contributed by atoms with E-state index in [1.54, 1.807) is 0 Å². The largest absolute Gasteiger partial charge is 0.371 e. The molecule has 1 heterocycles. The highest BCUT2D eigenvalue weighted by molar-refractivity contribution is 5.91. The van der Waals surface area contributed by atoms with Gasteiger partial charge in [0.1, 0.15) is 0 Å². The summed E-state index contributed by atoms with van der Waals surface area (Å²) in [6.07, 6.45) is 4.77. The molecular formula is C28H30N2. The van der Waals surface area contributed by atoms with Gasteiger partial charge in [-0.15, -0.1) is 0 Å². The van der Waals surface area contributed by atoms with Crippen LogP contribution >= 0.6 is 0 Å². The molecule has 0 unspecified atom stereocenters. The van der Waals surface area contributed by atoms with E-state index >= 15 is 0 Å². The molecule has 5 rings (SSSR count). The molecule has 1 N–H and O–H groups in total. The fourth-order valence-corrected chi connectivity index (χ4v) is 4.91. The summed E-state index contributed by atoms with van der Waals surface area (Å²) in [6, 6.07) is 29.3. The Labute approximate surface area is 180 Å². The minimum absolute atomic E-state index is 0.462. The van der Waals surface area contributed by atoms with Gasteiger partial charge in [-0.1, -0.05) is 79.7 Å². The minimum Gasteiger partial charge on any atom is -0.371 e. The van der Waals surface area contributed by atoms with Crippen molar-refractivity contribution in [2.45, 2.75) is 38.3 Å². The maximum Gasteiger partial charge on any atom is 0.0372 e. The van der Waals surface area contributed by atoms with Crippen molar-refractivity contribution in [1.82, 2.24) is 5.32 Å². The van der Waals surface area contributed by atoms with Gasteiger partial charge in [-0.2, -0.15) is 0 Å². The summed E-state index contributed by atoms with van der Waals surface area (Å²) < 4.78 is 0. The van der Waals surface area contributed by atoms with Gasteiger partial charge < -0.3 is 10.2 Å². The highest BCUT2D eigenvalue weighted by atomic mass is 15.1. The lowest BCUT2D eigenvalue weighted by Crippen LogP contribution is -2.42. The Kier molecular flexibility index (Phi) is 5.42. The molecule has 1 aliphatic carbocycles. The van der Waals surface area contributed by atoms with Crippen molar-refractivity contribution < 1.29 is 0 Å². The summed E-state index contributed by atoms with van der Waals surface area (Å²) in [7, 11) is 0. The molecule has 152 valence electrons. The van der Waals surface area contributed by atoms with Crippen LogP contribution in [0.2, 0.25) is 0 Å². The summed E-state index contributed by atoms with van der Waals surface area (Å²) in [5, 5.41) is 3.75. The van der Waals surface area contributed by atoms with Gasteiger partial charge in [-0.3, -0.25) is 0 Å². The second-order valence-corrected chi connectivity index (χ2v) is 8.63. The Balaban J connectivity index is 1.23. The summed E-state index contributed by atoms with van der Waals surface area (Å²) in [5.41, 5.74) is 8.35. The predicted octanol–water partition coefficient (Wildman–Crippen LogP) is 6.10. The second kappa shape index (κ2) is 8.49. The van der Waals surface area contributed by atoms with Crippen molar-refractivity contribution in [1.29, 1.82) is 0 Å². The number of fused-ring (bicyclic) bond motifs is 1. The molecule has 0 bridgehead atoms. The van der Waals surface area contributed by atoms with Crippen LogP contribution in [-0.4, -0.2) is 19.1 Å². The number of nitrogens with one attached hydrogen (secondary N) is 1. The number of anilines is 1. The van der Waals surface area contributed by atoms with Crippen LogP contribution in [0.1, 0.15) is 47.9 Å². The standard InChI is InChI=1S/C28H30N2/c1-21-27-13-6-5-10-24(27)19-28(21)23-11-7-12-26(18-23)30-16-14-25(15-17-30)29-20-22-8-3-2-4-9-22/h2-13,18-19,21,25,29H,14-17,20H2,1H3/t21-/m1/s1. The van der Waals surface area contributed by atoms with E-state index in [4.69, 9.17) is 0 Å². The third-order valence-electron chi connectivity index (χ3n) is 6.72. The van der Waals surface area contributed by atoms with Crippen molar-refractivity contribution in [3.63, 3.8) is 0 Å². The zero-order valence-electron chi connectivity index (χ0n) is 17.7. The molecule has 1 fully saturated rings. The van der Waals surface area contributed by atoms with E-state index in [0.717, 1.165) is 19.6 Å². The van der Waals surface area contributed by atoms with Crippen LogP contribution in [0.4, 0.5) is 5.69 Å². The maximum atomic E-state index is 3.75. The predicted molar refractivity (Wildman–Crippen MR) is 128 cm³/mol. The first kappa shape index (κ1) is 19.1. The average Bonchev–Trinajstić information content (AvgIpc) is 3.15. The molecule has 1 atom stereocenters. The average molecular weight is 395 g/mol. The number of hydrogen-bond donors (Lipinski definition) is 1. The lowest BCUT2D eigenvalue weighted by molar-refractivity contribution is 0.414. The monoisotopic (exact) mass is 394 g/mol. The van der Waals surface area contributed by atoms with Crippen molar-refractivity contribution in [3.8, 4) is 0 Å². The molecule has 30 heavy (non-hydrogen) atoms. The number of allylic oxidation sites excluding steroid dienone is 1. The van der Waals surface area contributed by atoms with E-state index in [2.05, 4.69) is 102 Å². The van der Waals surface area contributed by atoms with Crippen molar-refractivity contribution in [2.24, 2.45) is 0 Å². The van der Waals surface area contributed by atoms with Gasteiger partial charge in [0.05, 0.1) is 0 Å². The maximum absolute atomic E-state index is 3.75. The van der Waals surface area contributed by atoms with Gasteiger partial charge in [0.15, 0.2) is 0 Å². The number of benzene rings is 3. The first-order valence-electron chi connectivity index (χ1n) is 11.2. The quantitative estimate of drug-likeness (QED) is 0.562. The summed E-state index contributed by atoms with van der Waals surface area (Å²) in [6.45, 7) is 5.53. The molecule has 0 spiro atoms. The zero-order valence-corrected chi connectivity index (χ0v) is 17.7. The molecule has 3 aromatic carbocycles. The molecule has 1 aliphatic heterocycles. The van der Waals surface area contributed by atoms with Crippen LogP contribution in [-0.2, 0) is 6.54 Å². The van der Waals surface area contributed by atoms with E-state index in [1.165, 1.54) is 46.4 Å². The Hall–Kier alpha value is -2.84. The highest BCUT2D eigenvalue weighted by Crippen LogP contribution is 2.42. The third kappa shape index (κ3) is 3.93.